The predicted octanol–water partition coefficient (Wildman–Crippen LogP) is 4.25. The van der Waals surface area contributed by atoms with Crippen LogP contribution in [-0.2, 0) is 0 Å². The number of hydrogen-bond acceptors (Lipinski definition) is 5. The molecule has 0 radical (unpaired) electrons. The number of fused-ring (bicyclic) bond motifs is 2. The lowest BCUT2D eigenvalue weighted by atomic mass is 10.1. The van der Waals surface area contributed by atoms with Crippen LogP contribution in [0.3, 0.4) is 0 Å². The normalized spacial score (nSPS) is 11.2. The highest BCUT2D eigenvalue weighted by atomic mass is 32.1. The molecule has 1 amide bonds. The third-order valence-corrected chi connectivity index (χ3v) is 4.84. The van der Waals surface area contributed by atoms with Gasteiger partial charge in [0, 0.05) is 5.56 Å². The van der Waals surface area contributed by atoms with E-state index in [0.29, 0.717) is 26.4 Å². The van der Waals surface area contributed by atoms with Crippen LogP contribution < -0.4 is 5.32 Å². The Labute approximate surface area is 146 Å². The molecule has 0 aliphatic carbocycles. The minimum absolute atomic E-state index is 0.290. The van der Waals surface area contributed by atoms with Gasteiger partial charge in [0.2, 0.25) is 0 Å². The molecule has 124 valence electrons. The summed E-state index contributed by atoms with van der Waals surface area (Å²) < 4.78 is 13.9. The van der Waals surface area contributed by atoms with Crippen LogP contribution in [0, 0.1) is 19.7 Å². The number of amides is 1. The van der Waals surface area contributed by atoms with E-state index in [1.807, 2.05) is 13.8 Å². The first kappa shape index (κ1) is 15.6. The molecule has 0 aliphatic rings. The first-order valence-corrected chi connectivity index (χ1v) is 8.44. The zero-order valence-corrected chi connectivity index (χ0v) is 14.3. The molecule has 2 heterocycles. The standard InChI is InChI=1S/C18H13FN4OS/c1-9-10(2)21-15-7-11(3-5-13(15)20-9)17(24)23-18-22-14-6-4-12(19)8-16(14)25-18/h3-8H,1-2H3,(H,22,23,24). The second kappa shape index (κ2) is 5.86. The molecule has 4 rings (SSSR count). The number of carbonyl (C=O) groups is 1. The van der Waals surface area contributed by atoms with Crippen LogP contribution in [0.25, 0.3) is 21.3 Å². The summed E-state index contributed by atoms with van der Waals surface area (Å²) in [5.41, 5.74) is 4.23. The monoisotopic (exact) mass is 352 g/mol. The van der Waals surface area contributed by atoms with Crippen molar-refractivity contribution in [2.75, 3.05) is 5.32 Å². The molecule has 0 spiro atoms. The number of thiazole rings is 1. The summed E-state index contributed by atoms with van der Waals surface area (Å²) in [6, 6.07) is 9.52. The van der Waals surface area contributed by atoms with E-state index in [9.17, 15) is 9.18 Å². The van der Waals surface area contributed by atoms with E-state index in [4.69, 9.17) is 0 Å². The van der Waals surface area contributed by atoms with Gasteiger partial charge < -0.3 is 0 Å². The van der Waals surface area contributed by atoms with Crippen molar-refractivity contribution in [3.63, 3.8) is 0 Å². The number of anilines is 1. The average Bonchev–Trinajstić information content (AvgIpc) is 2.96. The van der Waals surface area contributed by atoms with E-state index in [1.54, 1.807) is 24.3 Å². The molecule has 5 nitrogen and oxygen atoms in total. The molecule has 0 bridgehead atoms. The Kier molecular flexibility index (Phi) is 3.65. The van der Waals surface area contributed by atoms with E-state index in [2.05, 4.69) is 20.3 Å². The first-order chi connectivity index (χ1) is 12.0. The quantitative estimate of drug-likeness (QED) is 0.586. The van der Waals surface area contributed by atoms with Gasteiger partial charge >= 0.3 is 0 Å². The summed E-state index contributed by atoms with van der Waals surface area (Å²) in [5.74, 6) is -0.616. The van der Waals surface area contributed by atoms with Crippen LogP contribution in [0.4, 0.5) is 9.52 Å². The van der Waals surface area contributed by atoms with E-state index >= 15 is 0 Å². The van der Waals surface area contributed by atoms with Crippen molar-refractivity contribution in [3.8, 4) is 0 Å². The molecule has 2 aromatic carbocycles. The lowest BCUT2D eigenvalue weighted by molar-refractivity contribution is 0.102. The van der Waals surface area contributed by atoms with Gasteiger partial charge in [-0.05, 0) is 50.2 Å². The molecule has 1 N–H and O–H groups in total. The smallest absolute Gasteiger partial charge is 0.257 e. The SMILES string of the molecule is Cc1nc2ccc(C(=O)Nc3nc4ccc(F)cc4s3)cc2nc1C. The molecule has 4 aromatic rings. The van der Waals surface area contributed by atoms with Crippen molar-refractivity contribution in [2.45, 2.75) is 13.8 Å². The van der Waals surface area contributed by atoms with Gasteiger partial charge in [-0.1, -0.05) is 11.3 Å². The number of halogens is 1. The third-order valence-electron chi connectivity index (χ3n) is 3.91. The van der Waals surface area contributed by atoms with E-state index in [0.717, 1.165) is 16.9 Å². The van der Waals surface area contributed by atoms with Crippen LogP contribution in [0.2, 0.25) is 0 Å². The Bertz CT molecular complexity index is 1140. The second-order valence-corrected chi connectivity index (χ2v) is 6.71. The minimum atomic E-state index is -0.326. The van der Waals surface area contributed by atoms with Gasteiger partial charge in [-0.15, -0.1) is 0 Å². The van der Waals surface area contributed by atoms with Gasteiger partial charge in [0.1, 0.15) is 5.82 Å². The minimum Gasteiger partial charge on any atom is -0.298 e. The number of nitrogens with one attached hydrogen (secondary N) is 1. The molecule has 0 atom stereocenters. The molecule has 0 saturated carbocycles. The summed E-state index contributed by atoms with van der Waals surface area (Å²) in [4.78, 5) is 25.7. The molecular formula is C18H13FN4OS. The van der Waals surface area contributed by atoms with Crippen molar-refractivity contribution in [1.29, 1.82) is 0 Å². The van der Waals surface area contributed by atoms with E-state index < -0.39 is 0 Å². The lowest BCUT2D eigenvalue weighted by Crippen LogP contribution is -2.11. The summed E-state index contributed by atoms with van der Waals surface area (Å²) in [7, 11) is 0. The highest BCUT2D eigenvalue weighted by Crippen LogP contribution is 2.27. The first-order valence-electron chi connectivity index (χ1n) is 7.62. The Hall–Kier alpha value is -2.93. The van der Waals surface area contributed by atoms with Crippen molar-refractivity contribution in [2.24, 2.45) is 0 Å². The molecule has 0 aliphatic heterocycles. The molecule has 0 fully saturated rings. The summed E-state index contributed by atoms with van der Waals surface area (Å²) in [6.45, 7) is 3.78. The molecule has 2 aromatic heterocycles. The Morgan fingerprint density at radius 2 is 1.68 bits per heavy atom. The van der Waals surface area contributed by atoms with Crippen LogP contribution in [0.1, 0.15) is 21.7 Å². The maximum atomic E-state index is 13.3. The summed E-state index contributed by atoms with van der Waals surface area (Å²) in [6.07, 6.45) is 0. The fourth-order valence-corrected chi connectivity index (χ4v) is 3.38. The second-order valence-electron chi connectivity index (χ2n) is 5.68. The van der Waals surface area contributed by atoms with Gasteiger partial charge in [-0.25, -0.2) is 19.3 Å². The fraction of sp³-hybridized carbons (Fsp3) is 0.111. The largest absolute Gasteiger partial charge is 0.298 e. The lowest BCUT2D eigenvalue weighted by Gasteiger charge is -2.05. The zero-order chi connectivity index (χ0) is 17.6. The van der Waals surface area contributed by atoms with Crippen LogP contribution in [0.15, 0.2) is 36.4 Å². The number of carbonyl (C=O) groups excluding carboxylic acids is 1. The highest BCUT2D eigenvalue weighted by Gasteiger charge is 2.12. The average molecular weight is 352 g/mol. The van der Waals surface area contributed by atoms with Crippen molar-refractivity contribution < 1.29 is 9.18 Å². The van der Waals surface area contributed by atoms with Gasteiger partial charge in [0.05, 0.1) is 32.6 Å². The Morgan fingerprint density at radius 3 is 2.48 bits per heavy atom. The Balaban J connectivity index is 1.65. The molecule has 7 heteroatoms. The Morgan fingerprint density at radius 1 is 0.960 bits per heavy atom. The summed E-state index contributed by atoms with van der Waals surface area (Å²) >= 11 is 1.23. The van der Waals surface area contributed by atoms with Crippen molar-refractivity contribution >= 4 is 43.6 Å². The van der Waals surface area contributed by atoms with Gasteiger partial charge in [0.15, 0.2) is 5.13 Å². The molecular weight excluding hydrogens is 339 g/mol. The number of nitrogens with zero attached hydrogens (tertiary/aromatic N) is 3. The number of hydrogen-bond donors (Lipinski definition) is 1. The number of aryl methyl sites for hydroxylation is 2. The zero-order valence-electron chi connectivity index (χ0n) is 13.5. The van der Waals surface area contributed by atoms with Crippen LogP contribution in [-0.4, -0.2) is 20.9 Å². The van der Waals surface area contributed by atoms with Gasteiger partial charge in [-0.2, -0.15) is 0 Å². The fourth-order valence-electron chi connectivity index (χ4n) is 2.49. The van der Waals surface area contributed by atoms with Gasteiger partial charge in [0.25, 0.3) is 5.91 Å². The highest BCUT2D eigenvalue weighted by molar-refractivity contribution is 7.22. The van der Waals surface area contributed by atoms with E-state index in [1.165, 1.54) is 23.5 Å². The predicted molar refractivity (Wildman–Crippen MR) is 96.5 cm³/mol. The number of aromatic nitrogens is 3. The third kappa shape index (κ3) is 2.94. The maximum Gasteiger partial charge on any atom is 0.257 e. The van der Waals surface area contributed by atoms with Crippen molar-refractivity contribution in [3.05, 3.63) is 59.2 Å². The topological polar surface area (TPSA) is 67.8 Å². The van der Waals surface area contributed by atoms with Crippen LogP contribution >= 0.6 is 11.3 Å². The number of benzene rings is 2. The van der Waals surface area contributed by atoms with Crippen molar-refractivity contribution in [1.82, 2.24) is 15.0 Å². The number of rotatable bonds is 2. The van der Waals surface area contributed by atoms with Crippen LogP contribution in [0.5, 0.6) is 0 Å². The molecule has 0 unspecified atom stereocenters. The van der Waals surface area contributed by atoms with E-state index in [-0.39, 0.29) is 11.7 Å². The molecule has 0 saturated heterocycles. The maximum absolute atomic E-state index is 13.3. The molecule has 25 heavy (non-hydrogen) atoms. The van der Waals surface area contributed by atoms with Gasteiger partial charge in [-0.3, -0.25) is 10.1 Å². The summed E-state index contributed by atoms with van der Waals surface area (Å²) in [5, 5.41) is 3.18.